The van der Waals surface area contributed by atoms with Gasteiger partial charge in [-0.15, -0.1) is 0 Å². The molecule has 112 valence electrons. The summed E-state index contributed by atoms with van der Waals surface area (Å²) in [6.45, 7) is 0. The summed E-state index contributed by atoms with van der Waals surface area (Å²) in [7, 11) is 5.95. The van der Waals surface area contributed by atoms with Crippen LogP contribution >= 0.6 is 0 Å². The maximum absolute atomic E-state index is 5.40. The number of para-hydroxylation sites is 2. The highest BCUT2D eigenvalue weighted by molar-refractivity contribution is 5.52. The van der Waals surface area contributed by atoms with Crippen molar-refractivity contribution in [3.63, 3.8) is 0 Å². The van der Waals surface area contributed by atoms with Crippen LogP contribution in [0.4, 0.5) is 5.69 Å². The summed E-state index contributed by atoms with van der Waals surface area (Å²) in [4.78, 5) is 2.19. The Hall–Kier alpha value is -1.96. The average Bonchev–Trinajstić information content (AvgIpc) is 2.52. The minimum atomic E-state index is 1.01. The molecule has 0 bridgehead atoms. The molecule has 0 aromatic heterocycles. The van der Waals surface area contributed by atoms with Crippen molar-refractivity contribution in [2.24, 2.45) is 0 Å². The van der Waals surface area contributed by atoms with Crippen LogP contribution in [0.2, 0.25) is 0 Å². The summed E-state index contributed by atoms with van der Waals surface area (Å²) in [5.41, 5.74) is 4.07. The zero-order chi connectivity index (χ0) is 15.1. The van der Waals surface area contributed by atoms with Crippen molar-refractivity contribution >= 4 is 5.69 Å². The summed E-state index contributed by atoms with van der Waals surface area (Å²) in [6, 6.07) is 17.0. The molecule has 0 aliphatic heterocycles. The Kier molecular flexibility index (Phi) is 5.68. The monoisotopic (exact) mass is 283 g/mol. The van der Waals surface area contributed by atoms with Gasteiger partial charge in [0.05, 0.1) is 7.11 Å². The molecule has 0 atom stereocenters. The Bertz CT molecular complexity index is 563. The molecule has 2 aromatic rings. The maximum Gasteiger partial charge on any atom is 0.122 e. The lowest BCUT2D eigenvalue weighted by atomic mass is 10.0. The lowest BCUT2D eigenvalue weighted by Crippen LogP contribution is -2.11. The van der Waals surface area contributed by atoms with E-state index in [4.69, 9.17) is 4.74 Å². The van der Waals surface area contributed by atoms with Crippen LogP contribution in [0.5, 0.6) is 5.75 Å². The Morgan fingerprint density at radius 2 is 1.38 bits per heavy atom. The molecular formula is C19H25NO. The summed E-state index contributed by atoms with van der Waals surface area (Å²) in [5, 5.41) is 0. The smallest absolute Gasteiger partial charge is 0.122 e. The maximum atomic E-state index is 5.40. The van der Waals surface area contributed by atoms with Crippen LogP contribution in [-0.4, -0.2) is 21.2 Å². The molecule has 0 N–H and O–H groups in total. The van der Waals surface area contributed by atoms with E-state index in [9.17, 15) is 0 Å². The van der Waals surface area contributed by atoms with Gasteiger partial charge in [0.25, 0.3) is 0 Å². The minimum absolute atomic E-state index is 1.01. The molecule has 0 spiro atoms. The van der Waals surface area contributed by atoms with Crippen molar-refractivity contribution in [1.29, 1.82) is 0 Å². The van der Waals surface area contributed by atoms with Gasteiger partial charge >= 0.3 is 0 Å². The molecule has 0 unspecified atom stereocenters. The SMILES string of the molecule is COc1ccccc1CCCCc1ccccc1N(C)C. The number of hydrogen-bond donors (Lipinski definition) is 0. The van der Waals surface area contributed by atoms with Gasteiger partial charge in [-0.05, 0) is 48.9 Å². The van der Waals surface area contributed by atoms with Crippen LogP contribution in [0, 0.1) is 0 Å². The summed E-state index contributed by atoms with van der Waals surface area (Å²) >= 11 is 0. The van der Waals surface area contributed by atoms with E-state index < -0.39 is 0 Å². The van der Waals surface area contributed by atoms with E-state index in [0.717, 1.165) is 18.6 Å². The second-order valence-electron chi connectivity index (χ2n) is 5.54. The average molecular weight is 283 g/mol. The molecule has 2 heteroatoms. The van der Waals surface area contributed by atoms with Crippen molar-refractivity contribution in [2.45, 2.75) is 25.7 Å². The van der Waals surface area contributed by atoms with Crippen LogP contribution in [0.1, 0.15) is 24.0 Å². The van der Waals surface area contributed by atoms with E-state index in [2.05, 4.69) is 55.4 Å². The molecule has 2 aromatic carbocycles. The van der Waals surface area contributed by atoms with Crippen LogP contribution in [0.25, 0.3) is 0 Å². The number of unbranched alkanes of at least 4 members (excludes halogenated alkanes) is 1. The molecular weight excluding hydrogens is 258 g/mol. The fourth-order valence-electron chi connectivity index (χ4n) is 2.70. The van der Waals surface area contributed by atoms with Gasteiger partial charge in [-0.3, -0.25) is 0 Å². The molecule has 0 aliphatic carbocycles. The standard InChI is InChI=1S/C19H25NO/c1-20(2)18-14-8-6-11-16(18)10-4-5-12-17-13-7-9-15-19(17)21-3/h6-9,11,13-15H,4-5,10,12H2,1-3H3. The Balaban J connectivity index is 1.88. The van der Waals surface area contributed by atoms with Gasteiger partial charge in [0.15, 0.2) is 0 Å². The molecule has 0 radical (unpaired) electrons. The number of aryl methyl sites for hydroxylation is 2. The van der Waals surface area contributed by atoms with Crippen molar-refractivity contribution < 1.29 is 4.74 Å². The van der Waals surface area contributed by atoms with Gasteiger partial charge in [-0.2, -0.15) is 0 Å². The van der Waals surface area contributed by atoms with Gasteiger partial charge in [-0.25, -0.2) is 0 Å². The number of rotatable bonds is 7. The topological polar surface area (TPSA) is 12.5 Å². The third kappa shape index (κ3) is 4.25. The summed E-state index contributed by atoms with van der Waals surface area (Å²) < 4.78 is 5.40. The highest BCUT2D eigenvalue weighted by Crippen LogP contribution is 2.22. The van der Waals surface area contributed by atoms with E-state index in [1.165, 1.54) is 29.7 Å². The molecule has 2 rings (SSSR count). The zero-order valence-electron chi connectivity index (χ0n) is 13.3. The largest absolute Gasteiger partial charge is 0.496 e. The second kappa shape index (κ2) is 7.72. The van der Waals surface area contributed by atoms with E-state index in [-0.39, 0.29) is 0 Å². The first-order valence-corrected chi connectivity index (χ1v) is 7.59. The fourth-order valence-corrected chi connectivity index (χ4v) is 2.70. The van der Waals surface area contributed by atoms with Crippen molar-refractivity contribution in [3.05, 3.63) is 59.7 Å². The van der Waals surface area contributed by atoms with Crippen LogP contribution < -0.4 is 9.64 Å². The molecule has 0 saturated heterocycles. The number of benzene rings is 2. The first-order chi connectivity index (χ1) is 10.2. The van der Waals surface area contributed by atoms with E-state index in [0.29, 0.717) is 0 Å². The molecule has 2 nitrogen and oxygen atoms in total. The molecule has 21 heavy (non-hydrogen) atoms. The minimum Gasteiger partial charge on any atom is -0.496 e. The quantitative estimate of drug-likeness (QED) is 0.701. The van der Waals surface area contributed by atoms with Gasteiger partial charge in [0.2, 0.25) is 0 Å². The summed E-state index contributed by atoms with van der Waals surface area (Å²) in [5.74, 6) is 1.01. The summed E-state index contributed by atoms with van der Waals surface area (Å²) in [6.07, 6.45) is 4.59. The molecule has 0 fully saturated rings. The van der Waals surface area contributed by atoms with Crippen molar-refractivity contribution in [3.8, 4) is 5.75 Å². The first-order valence-electron chi connectivity index (χ1n) is 7.59. The van der Waals surface area contributed by atoms with E-state index in [1.807, 2.05) is 12.1 Å². The second-order valence-corrected chi connectivity index (χ2v) is 5.54. The zero-order valence-corrected chi connectivity index (χ0v) is 13.3. The van der Waals surface area contributed by atoms with Gasteiger partial charge in [0, 0.05) is 19.8 Å². The third-order valence-corrected chi connectivity index (χ3v) is 3.81. The van der Waals surface area contributed by atoms with E-state index >= 15 is 0 Å². The van der Waals surface area contributed by atoms with Crippen molar-refractivity contribution in [1.82, 2.24) is 0 Å². The van der Waals surface area contributed by atoms with Gasteiger partial charge in [0.1, 0.15) is 5.75 Å². The predicted molar refractivity (Wildman–Crippen MR) is 90.4 cm³/mol. The van der Waals surface area contributed by atoms with Crippen molar-refractivity contribution in [2.75, 3.05) is 26.1 Å². The Labute approximate surface area is 128 Å². The van der Waals surface area contributed by atoms with Gasteiger partial charge < -0.3 is 9.64 Å². The third-order valence-electron chi connectivity index (χ3n) is 3.81. The number of anilines is 1. The Morgan fingerprint density at radius 1 is 0.810 bits per heavy atom. The number of methoxy groups -OCH3 is 1. The normalized spacial score (nSPS) is 10.4. The van der Waals surface area contributed by atoms with Gasteiger partial charge in [-0.1, -0.05) is 36.4 Å². The van der Waals surface area contributed by atoms with Crippen LogP contribution in [0.3, 0.4) is 0 Å². The van der Waals surface area contributed by atoms with E-state index in [1.54, 1.807) is 7.11 Å². The molecule has 0 heterocycles. The first kappa shape index (κ1) is 15.4. The fraction of sp³-hybridized carbons (Fsp3) is 0.368. The predicted octanol–water partition coefficient (Wildman–Crippen LogP) is 4.33. The number of ether oxygens (including phenoxy) is 1. The highest BCUT2D eigenvalue weighted by atomic mass is 16.5. The molecule has 0 aliphatic rings. The van der Waals surface area contributed by atoms with Crippen LogP contribution in [0.15, 0.2) is 48.5 Å². The molecule has 0 saturated carbocycles. The Morgan fingerprint density at radius 3 is 2.05 bits per heavy atom. The lowest BCUT2D eigenvalue weighted by molar-refractivity contribution is 0.409. The van der Waals surface area contributed by atoms with Crippen LogP contribution in [-0.2, 0) is 12.8 Å². The highest BCUT2D eigenvalue weighted by Gasteiger charge is 2.05. The molecule has 0 amide bonds. The number of hydrogen-bond acceptors (Lipinski definition) is 2. The number of nitrogens with zero attached hydrogens (tertiary/aromatic N) is 1. The lowest BCUT2D eigenvalue weighted by Gasteiger charge is -2.17.